The Morgan fingerprint density at radius 3 is 2.21 bits per heavy atom. The minimum Gasteiger partial charge on any atom is -0.483 e. The van der Waals surface area contributed by atoms with Crippen molar-refractivity contribution >= 4 is 15.9 Å². The third kappa shape index (κ3) is 3.50. The van der Waals surface area contributed by atoms with E-state index < -0.39 is 23.2 Å². The largest absolute Gasteiger partial charge is 0.483 e. The molecule has 0 bridgehead atoms. The van der Waals surface area contributed by atoms with E-state index in [1.54, 1.807) is 6.07 Å². The lowest BCUT2D eigenvalue weighted by Gasteiger charge is -2.09. The maximum atomic E-state index is 13.6. The lowest BCUT2D eigenvalue weighted by atomic mass is 10.2. The second-order valence-corrected chi connectivity index (χ2v) is 4.50. The molecule has 19 heavy (non-hydrogen) atoms. The van der Waals surface area contributed by atoms with Gasteiger partial charge in [-0.1, -0.05) is 28.1 Å². The fourth-order valence-electron chi connectivity index (χ4n) is 1.61. The highest BCUT2D eigenvalue weighted by Gasteiger charge is 2.12. The quantitative estimate of drug-likeness (QED) is 0.746. The summed E-state index contributed by atoms with van der Waals surface area (Å²) in [6.45, 7) is -0.0980. The normalized spacial score (nSPS) is 10.5. The number of hydrogen-bond donors (Lipinski definition) is 0. The molecule has 0 aliphatic rings. The van der Waals surface area contributed by atoms with E-state index in [9.17, 15) is 13.2 Å². The number of ether oxygens (including phenoxy) is 1. The van der Waals surface area contributed by atoms with E-state index in [4.69, 9.17) is 4.74 Å². The molecule has 0 aliphatic heterocycles. The Labute approximate surface area is 117 Å². The van der Waals surface area contributed by atoms with Crippen molar-refractivity contribution in [1.29, 1.82) is 0 Å². The third-order valence-electron chi connectivity index (χ3n) is 2.48. The molecule has 0 atom stereocenters. The van der Waals surface area contributed by atoms with Crippen LogP contribution in [-0.4, -0.2) is 0 Å². The highest BCUT2D eigenvalue weighted by Crippen LogP contribution is 2.25. The van der Waals surface area contributed by atoms with Crippen molar-refractivity contribution in [2.24, 2.45) is 0 Å². The van der Waals surface area contributed by atoms with Gasteiger partial charge in [0.05, 0.1) is 0 Å². The molecule has 0 aromatic heterocycles. The molecule has 5 heteroatoms. The van der Waals surface area contributed by atoms with Crippen LogP contribution in [0.5, 0.6) is 5.75 Å². The summed E-state index contributed by atoms with van der Waals surface area (Å²) in [5.41, 5.74) is 0.983. The van der Waals surface area contributed by atoms with Gasteiger partial charge in [-0.15, -0.1) is 0 Å². The molecule has 2 aromatic carbocycles. The first-order chi connectivity index (χ1) is 9.10. The third-order valence-corrected chi connectivity index (χ3v) is 3.13. The lowest BCUT2D eigenvalue weighted by molar-refractivity contribution is 0.273. The molecule has 0 N–H and O–H groups in total. The van der Waals surface area contributed by atoms with Crippen LogP contribution in [0.2, 0.25) is 0 Å². The maximum Gasteiger partial charge on any atom is 0.191 e. The zero-order chi connectivity index (χ0) is 13.8. The summed E-state index contributed by atoms with van der Waals surface area (Å²) in [4.78, 5) is 0. The van der Waals surface area contributed by atoms with Crippen molar-refractivity contribution in [3.8, 4) is 5.75 Å². The molecule has 0 amide bonds. The maximum absolute atomic E-state index is 13.6. The van der Waals surface area contributed by atoms with Gasteiger partial charge < -0.3 is 4.74 Å². The van der Waals surface area contributed by atoms with Crippen LogP contribution in [0.4, 0.5) is 13.2 Å². The summed E-state index contributed by atoms with van der Waals surface area (Å²) >= 11 is 3.12. The molecule has 0 saturated carbocycles. The SMILES string of the molecule is Fc1cccc(COc2c(F)cc(CBr)cc2F)c1. The average Bonchev–Trinajstić information content (AvgIpc) is 2.37. The minimum atomic E-state index is -0.772. The summed E-state index contributed by atoms with van der Waals surface area (Å²) < 4.78 is 45.3. The monoisotopic (exact) mass is 330 g/mol. The standard InChI is InChI=1S/C14H10BrF3O/c15-7-10-5-12(17)14(13(18)6-10)19-8-9-2-1-3-11(16)4-9/h1-6H,7-8H2. The molecule has 2 aromatic rings. The summed E-state index contributed by atoms with van der Waals surface area (Å²) in [6, 6.07) is 8.05. The van der Waals surface area contributed by atoms with E-state index >= 15 is 0 Å². The van der Waals surface area contributed by atoms with Crippen LogP contribution in [0.25, 0.3) is 0 Å². The smallest absolute Gasteiger partial charge is 0.191 e. The first kappa shape index (κ1) is 13.9. The number of rotatable bonds is 4. The van der Waals surface area contributed by atoms with Crippen molar-refractivity contribution < 1.29 is 17.9 Å². The van der Waals surface area contributed by atoms with Crippen LogP contribution < -0.4 is 4.74 Å². The zero-order valence-corrected chi connectivity index (χ0v) is 11.4. The van der Waals surface area contributed by atoms with E-state index in [0.717, 1.165) is 0 Å². The van der Waals surface area contributed by atoms with Gasteiger partial charge in [0, 0.05) is 5.33 Å². The van der Waals surface area contributed by atoms with Gasteiger partial charge in [0.15, 0.2) is 17.4 Å². The van der Waals surface area contributed by atoms with Gasteiger partial charge >= 0.3 is 0 Å². The summed E-state index contributed by atoms with van der Waals surface area (Å²) in [5.74, 6) is -2.41. The molecule has 0 radical (unpaired) electrons. The molecular weight excluding hydrogens is 321 g/mol. The van der Waals surface area contributed by atoms with E-state index in [0.29, 0.717) is 16.5 Å². The van der Waals surface area contributed by atoms with Gasteiger partial charge in [-0.25, -0.2) is 13.2 Å². The van der Waals surface area contributed by atoms with Gasteiger partial charge in [-0.2, -0.15) is 0 Å². The molecule has 1 nitrogen and oxygen atoms in total. The van der Waals surface area contributed by atoms with Gasteiger partial charge in [0.2, 0.25) is 0 Å². The molecule has 0 spiro atoms. The summed E-state index contributed by atoms with van der Waals surface area (Å²) in [6.07, 6.45) is 0. The molecule has 2 rings (SSSR count). The highest BCUT2D eigenvalue weighted by atomic mass is 79.9. The molecule has 100 valence electrons. The molecule has 0 aliphatic carbocycles. The first-order valence-corrected chi connectivity index (χ1v) is 6.63. The first-order valence-electron chi connectivity index (χ1n) is 5.51. The lowest BCUT2D eigenvalue weighted by Crippen LogP contribution is -2.01. The predicted octanol–water partition coefficient (Wildman–Crippen LogP) is 4.58. The van der Waals surface area contributed by atoms with Gasteiger partial charge in [-0.05, 0) is 35.4 Å². The summed E-state index contributed by atoms with van der Waals surface area (Å²) in [5, 5.41) is 0.352. The van der Waals surface area contributed by atoms with Gasteiger partial charge in [-0.3, -0.25) is 0 Å². The molecule has 0 unspecified atom stereocenters. The van der Waals surface area contributed by atoms with E-state index in [1.807, 2.05) is 0 Å². The predicted molar refractivity (Wildman–Crippen MR) is 69.7 cm³/mol. The zero-order valence-electron chi connectivity index (χ0n) is 9.80. The Hall–Kier alpha value is -1.49. The number of benzene rings is 2. The number of hydrogen-bond acceptors (Lipinski definition) is 1. The van der Waals surface area contributed by atoms with Crippen LogP contribution in [-0.2, 0) is 11.9 Å². The topological polar surface area (TPSA) is 9.23 Å². The second kappa shape index (κ2) is 6.10. The van der Waals surface area contributed by atoms with Crippen LogP contribution in [0, 0.1) is 17.5 Å². The van der Waals surface area contributed by atoms with Crippen LogP contribution in [0.1, 0.15) is 11.1 Å². The van der Waals surface area contributed by atoms with Crippen LogP contribution in [0.3, 0.4) is 0 Å². The minimum absolute atomic E-state index is 0.0980. The number of alkyl halides is 1. The molecule has 0 fully saturated rings. The van der Waals surface area contributed by atoms with Crippen molar-refractivity contribution in [3.05, 3.63) is 65.0 Å². The van der Waals surface area contributed by atoms with Crippen molar-refractivity contribution in [1.82, 2.24) is 0 Å². The second-order valence-electron chi connectivity index (χ2n) is 3.94. The fourth-order valence-corrected chi connectivity index (χ4v) is 1.93. The Bertz CT molecular complexity index is 564. The molecule has 0 heterocycles. The van der Waals surface area contributed by atoms with E-state index in [2.05, 4.69) is 15.9 Å². The van der Waals surface area contributed by atoms with Crippen LogP contribution in [0.15, 0.2) is 36.4 Å². The van der Waals surface area contributed by atoms with E-state index in [-0.39, 0.29) is 6.61 Å². The van der Waals surface area contributed by atoms with E-state index in [1.165, 1.54) is 30.3 Å². The average molecular weight is 331 g/mol. The Balaban J connectivity index is 2.16. The fraction of sp³-hybridized carbons (Fsp3) is 0.143. The highest BCUT2D eigenvalue weighted by molar-refractivity contribution is 9.08. The summed E-state index contributed by atoms with van der Waals surface area (Å²) in [7, 11) is 0. The number of halogens is 4. The Morgan fingerprint density at radius 2 is 1.63 bits per heavy atom. The van der Waals surface area contributed by atoms with Gasteiger partial charge in [0.1, 0.15) is 12.4 Å². The molecular formula is C14H10BrF3O. The molecule has 0 saturated heterocycles. The van der Waals surface area contributed by atoms with Crippen molar-refractivity contribution in [2.75, 3.05) is 0 Å². The Morgan fingerprint density at radius 1 is 0.947 bits per heavy atom. The van der Waals surface area contributed by atoms with Crippen molar-refractivity contribution in [2.45, 2.75) is 11.9 Å². The Kier molecular flexibility index (Phi) is 4.47. The van der Waals surface area contributed by atoms with Crippen LogP contribution >= 0.6 is 15.9 Å². The van der Waals surface area contributed by atoms with Gasteiger partial charge in [0.25, 0.3) is 0 Å². The van der Waals surface area contributed by atoms with Crippen molar-refractivity contribution in [3.63, 3.8) is 0 Å².